The van der Waals surface area contributed by atoms with Crippen LogP contribution in [0.5, 0.6) is 0 Å². The third-order valence-electron chi connectivity index (χ3n) is 2.50. The van der Waals surface area contributed by atoms with Crippen LogP contribution in [-0.2, 0) is 19.6 Å². The van der Waals surface area contributed by atoms with E-state index in [0.29, 0.717) is 0 Å². The molecular weight excluding hydrogens is 332 g/mol. The molecule has 0 aliphatic rings. The number of halogens is 1. The van der Waals surface area contributed by atoms with E-state index in [1.54, 1.807) is 13.8 Å². The Morgan fingerprint density at radius 2 is 1.95 bits per heavy atom. The number of benzene rings is 1. The molecule has 0 saturated heterocycles. The second-order valence-corrected chi connectivity index (χ2v) is 6.80. The molecule has 1 aromatic carbocycles. The van der Waals surface area contributed by atoms with Crippen molar-refractivity contribution in [2.75, 3.05) is 13.7 Å². The third-order valence-corrected chi connectivity index (χ3v) is 4.49. The predicted molar refractivity (Wildman–Crippen MR) is 81.3 cm³/mol. The van der Waals surface area contributed by atoms with Crippen LogP contribution >= 0.6 is 11.6 Å². The molecule has 2 N–H and O–H groups in total. The zero-order valence-electron chi connectivity index (χ0n) is 12.3. The maximum Gasteiger partial charge on any atom is 0.325 e. The molecule has 0 saturated carbocycles. The smallest absolute Gasteiger partial charge is 0.325 e. The number of amides is 1. The molecule has 0 fully saturated rings. The van der Waals surface area contributed by atoms with E-state index in [-0.39, 0.29) is 28.1 Å². The van der Waals surface area contributed by atoms with E-state index >= 15 is 0 Å². The lowest BCUT2D eigenvalue weighted by Gasteiger charge is -2.11. The Bertz CT molecular complexity index is 673. The van der Waals surface area contributed by atoms with Crippen molar-refractivity contribution < 1.29 is 22.7 Å². The highest BCUT2D eigenvalue weighted by Gasteiger charge is 2.19. The first-order chi connectivity index (χ1) is 10.2. The number of carbonyl (C=O) groups excluding carboxylic acids is 2. The van der Waals surface area contributed by atoms with Crippen molar-refractivity contribution in [1.29, 1.82) is 0 Å². The standard InChI is InChI=1S/C13H17ClN2O5S/c1-8(2)16-22(19,20)9-4-5-11(14)10(6-9)13(18)15-7-12(17)21-3/h4-6,8,16H,7H2,1-3H3,(H,15,18). The quantitative estimate of drug-likeness (QED) is 0.745. The monoisotopic (exact) mass is 348 g/mol. The van der Waals surface area contributed by atoms with Crippen molar-refractivity contribution >= 4 is 33.5 Å². The Kier molecular flexibility index (Phi) is 6.34. The minimum Gasteiger partial charge on any atom is -0.468 e. The van der Waals surface area contributed by atoms with Crippen LogP contribution in [0.4, 0.5) is 0 Å². The van der Waals surface area contributed by atoms with Gasteiger partial charge in [0.2, 0.25) is 10.0 Å². The highest BCUT2D eigenvalue weighted by molar-refractivity contribution is 7.89. The van der Waals surface area contributed by atoms with Crippen LogP contribution in [0.25, 0.3) is 0 Å². The molecule has 0 unspecified atom stereocenters. The van der Waals surface area contributed by atoms with E-state index in [9.17, 15) is 18.0 Å². The molecule has 1 aromatic rings. The fraction of sp³-hybridized carbons (Fsp3) is 0.385. The van der Waals surface area contributed by atoms with Gasteiger partial charge < -0.3 is 10.1 Å². The first kappa shape index (κ1) is 18.4. The Morgan fingerprint density at radius 3 is 2.50 bits per heavy atom. The van der Waals surface area contributed by atoms with Crippen LogP contribution in [0.15, 0.2) is 23.1 Å². The maximum atomic E-state index is 12.1. The van der Waals surface area contributed by atoms with Crippen molar-refractivity contribution in [2.24, 2.45) is 0 Å². The number of sulfonamides is 1. The second-order valence-electron chi connectivity index (χ2n) is 4.68. The molecule has 122 valence electrons. The fourth-order valence-corrected chi connectivity index (χ4v) is 3.02. The molecule has 22 heavy (non-hydrogen) atoms. The molecule has 0 radical (unpaired) electrons. The number of ether oxygens (including phenoxy) is 1. The Morgan fingerprint density at radius 1 is 1.32 bits per heavy atom. The Balaban J connectivity index is 3.04. The molecule has 0 spiro atoms. The number of carbonyl (C=O) groups is 2. The molecule has 1 rings (SSSR count). The van der Waals surface area contributed by atoms with Gasteiger partial charge >= 0.3 is 5.97 Å². The molecule has 1 amide bonds. The highest BCUT2D eigenvalue weighted by atomic mass is 35.5. The van der Waals surface area contributed by atoms with Gasteiger partial charge in [-0.2, -0.15) is 0 Å². The lowest BCUT2D eigenvalue weighted by Crippen LogP contribution is -2.32. The van der Waals surface area contributed by atoms with Crippen LogP contribution in [0, 0.1) is 0 Å². The first-order valence-corrected chi connectivity index (χ1v) is 8.20. The lowest BCUT2D eigenvalue weighted by atomic mass is 10.2. The van der Waals surface area contributed by atoms with Gasteiger partial charge in [-0.3, -0.25) is 9.59 Å². The summed E-state index contributed by atoms with van der Waals surface area (Å²) in [5, 5.41) is 2.37. The lowest BCUT2D eigenvalue weighted by molar-refractivity contribution is -0.139. The summed E-state index contributed by atoms with van der Waals surface area (Å²) in [4.78, 5) is 22.9. The Hall–Kier alpha value is -1.64. The molecule has 0 aliphatic carbocycles. The minimum atomic E-state index is -3.75. The SMILES string of the molecule is COC(=O)CNC(=O)c1cc(S(=O)(=O)NC(C)C)ccc1Cl. The third kappa shape index (κ3) is 4.97. The van der Waals surface area contributed by atoms with Crippen LogP contribution in [0.2, 0.25) is 5.02 Å². The van der Waals surface area contributed by atoms with E-state index < -0.39 is 21.9 Å². The summed E-state index contributed by atoms with van der Waals surface area (Å²) < 4.78 is 31.0. The van der Waals surface area contributed by atoms with Gasteiger partial charge in [0.25, 0.3) is 5.91 Å². The van der Waals surface area contributed by atoms with Crippen molar-refractivity contribution in [1.82, 2.24) is 10.0 Å². The summed E-state index contributed by atoms with van der Waals surface area (Å²) in [6.07, 6.45) is 0. The van der Waals surface area contributed by atoms with Gasteiger partial charge in [0, 0.05) is 6.04 Å². The largest absolute Gasteiger partial charge is 0.468 e. The first-order valence-electron chi connectivity index (χ1n) is 6.34. The molecule has 0 heterocycles. The summed E-state index contributed by atoms with van der Waals surface area (Å²) >= 11 is 5.90. The average Bonchev–Trinajstić information content (AvgIpc) is 2.43. The van der Waals surface area contributed by atoms with Crippen LogP contribution in [0.3, 0.4) is 0 Å². The molecule has 9 heteroatoms. The van der Waals surface area contributed by atoms with Crippen LogP contribution < -0.4 is 10.0 Å². The van der Waals surface area contributed by atoms with Crippen molar-refractivity contribution in [3.63, 3.8) is 0 Å². The topological polar surface area (TPSA) is 102 Å². The fourth-order valence-electron chi connectivity index (χ4n) is 1.54. The summed E-state index contributed by atoms with van der Waals surface area (Å²) in [6, 6.07) is 3.46. The number of methoxy groups -OCH3 is 1. The van der Waals surface area contributed by atoms with Crippen molar-refractivity contribution in [3.05, 3.63) is 28.8 Å². The summed E-state index contributed by atoms with van der Waals surface area (Å²) in [5.41, 5.74) is -0.0443. The van der Waals surface area contributed by atoms with Gasteiger partial charge in [-0.05, 0) is 32.0 Å². The number of hydrogen-bond acceptors (Lipinski definition) is 5. The predicted octanol–water partition coefficient (Wildman–Crippen LogP) is 0.929. The zero-order chi connectivity index (χ0) is 16.9. The van der Waals surface area contributed by atoms with Gasteiger partial charge in [0.1, 0.15) is 6.54 Å². The van der Waals surface area contributed by atoms with E-state index in [1.165, 1.54) is 19.2 Å². The van der Waals surface area contributed by atoms with Gasteiger partial charge in [-0.15, -0.1) is 0 Å². The van der Waals surface area contributed by atoms with Gasteiger partial charge in [0.05, 0.1) is 22.6 Å². The molecule has 0 bridgehead atoms. The summed E-state index contributed by atoms with van der Waals surface area (Å²) in [7, 11) is -2.56. The van der Waals surface area contributed by atoms with Crippen molar-refractivity contribution in [2.45, 2.75) is 24.8 Å². The summed E-state index contributed by atoms with van der Waals surface area (Å²) in [5.74, 6) is -1.30. The van der Waals surface area contributed by atoms with Gasteiger partial charge in [-0.1, -0.05) is 11.6 Å². The zero-order valence-corrected chi connectivity index (χ0v) is 13.9. The van der Waals surface area contributed by atoms with E-state index in [1.807, 2.05) is 0 Å². The number of esters is 1. The Labute approximate surface area is 134 Å². The number of rotatable bonds is 6. The van der Waals surface area contributed by atoms with Gasteiger partial charge in [0.15, 0.2) is 0 Å². The van der Waals surface area contributed by atoms with Crippen molar-refractivity contribution in [3.8, 4) is 0 Å². The van der Waals surface area contributed by atoms with Gasteiger partial charge in [-0.25, -0.2) is 13.1 Å². The van der Waals surface area contributed by atoms with Crippen LogP contribution in [0.1, 0.15) is 24.2 Å². The second kappa shape index (κ2) is 7.57. The maximum absolute atomic E-state index is 12.1. The molecule has 0 atom stereocenters. The summed E-state index contributed by atoms with van der Waals surface area (Å²) in [6.45, 7) is 3.02. The number of hydrogen-bond donors (Lipinski definition) is 2. The molecule has 7 nitrogen and oxygen atoms in total. The molecule has 0 aliphatic heterocycles. The van der Waals surface area contributed by atoms with E-state index in [2.05, 4.69) is 14.8 Å². The number of nitrogens with one attached hydrogen (secondary N) is 2. The van der Waals surface area contributed by atoms with E-state index in [0.717, 1.165) is 6.07 Å². The normalized spacial score (nSPS) is 11.3. The van der Waals surface area contributed by atoms with Crippen LogP contribution in [-0.4, -0.2) is 40.0 Å². The minimum absolute atomic E-state index is 0.0443. The molecule has 0 aromatic heterocycles. The van der Waals surface area contributed by atoms with E-state index in [4.69, 9.17) is 11.6 Å². The highest BCUT2D eigenvalue weighted by Crippen LogP contribution is 2.20. The molecular formula is C13H17ClN2O5S. The average molecular weight is 349 g/mol.